The highest BCUT2D eigenvalue weighted by Crippen LogP contribution is 2.45. The van der Waals surface area contributed by atoms with Crippen LogP contribution in [-0.4, -0.2) is 23.9 Å². The molecule has 1 aromatic carbocycles. The van der Waals surface area contributed by atoms with E-state index in [0.717, 1.165) is 12.8 Å². The van der Waals surface area contributed by atoms with Crippen LogP contribution in [0.3, 0.4) is 0 Å². The quantitative estimate of drug-likeness (QED) is 0.776. The molecule has 1 aliphatic rings. The SMILES string of the molecule is Nc1c(Br)cc(C2(C(=O)O)CCCC2)cc1OCC(F)(F)F. The first kappa shape index (κ1) is 16.9. The smallest absolute Gasteiger partial charge is 0.422 e. The van der Waals surface area contributed by atoms with Crippen LogP contribution in [0, 0.1) is 0 Å². The number of alkyl halides is 3. The number of nitrogens with two attached hydrogens (primary N) is 1. The Bertz CT molecular complexity index is 583. The molecule has 22 heavy (non-hydrogen) atoms. The van der Waals surface area contributed by atoms with E-state index in [1.165, 1.54) is 6.07 Å². The number of hydrogen-bond acceptors (Lipinski definition) is 3. The Morgan fingerprint density at radius 3 is 2.45 bits per heavy atom. The number of ether oxygens (including phenoxy) is 1. The first-order valence-electron chi connectivity index (χ1n) is 6.68. The van der Waals surface area contributed by atoms with Crippen LogP contribution in [0.4, 0.5) is 18.9 Å². The summed E-state index contributed by atoms with van der Waals surface area (Å²) in [6, 6.07) is 2.86. The van der Waals surface area contributed by atoms with E-state index in [1.54, 1.807) is 6.07 Å². The van der Waals surface area contributed by atoms with Gasteiger partial charge in [-0.3, -0.25) is 4.79 Å². The summed E-state index contributed by atoms with van der Waals surface area (Å²) in [6.45, 7) is -1.48. The van der Waals surface area contributed by atoms with Crippen LogP contribution in [0.2, 0.25) is 0 Å². The summed E-state index contributed by atoms with van der Waals surface area (Å²) in [4.78, 5) is 11.7. The van der Waals surface area contributed by atoms with Crippen molar-refractivity contribution in [3.05, 3.63) is 22.2 Å². The van der Waals surface area contributed by atoms with Gasteiger partial charge in [0.15, 0.2) is 6.61 Å². The first-order chi connectivity index (χ1) is 10.2. The molecule has 0 amide bonds. The third-order valence-electron chi connectivity index (χ3n) is 3.90. The minimum Gasteiger partial charge on any atom is -0.482 e. The second-order valence-corrected chi connectivity index (χ2v) is 6.22. The molecule has 0 atom stereocenters. The zero-order chi connectivity index (χ0) is 16.5. The van der Waals surface area contributed by atoms with Crippen molar-refractivity contribution < 1.29 is 27.8 Å². The zero-order valence-corrected chi connectivity index (χ0v) is 13.1. The van der Waals surface area contributed by atoms with Crippen molar-refractivity contribution in [2.75, 3.05) is 12.3 Å². The Labute approximate surface area is 133 Å². The Hall–Kier alpha value is -1.44. The minimum absolute atomic E-state index is 0.0199. The molecular weight excluding hydrogens is 367 g/mol. The highest BCUT2D eigenvalue weighted by atomic mass is 79.9. The predicted octanol–water partition coefficient (Wildman–Crippen LogP) is 3.87. The lowest BCUT2D eigenvalue weighted by atomic mass is 9.79. The van der Waals surface area contributed by atoms with Gasteiger partial charge < -0.3 is 15.6 Å². The van der Waals surface area contributed by atoms with Crippen molar-refractivity contribution in [1.29, 1.82) is 0 Å². The number of aliphatic carboxylic acids is 1. The molecule has 0 unspecified atom stereocenters. The number of carboxylic acid groups (broad SMARTS) is 1. The van der Waals surface area contributed by atoms with Gasteiger partial charge in [0.1, 0.15) is 5.75 Å². The van der Waals surface area contributed by atoms with Crippen LogP contribution in [0.15, 0.2) is 16.6 Å². The molecule has 8 heteroatoms. The number of rotatable bonds is 4. The van der Waals surface area contributed by atoms with Gasteiger partial charge in [-0.25, -0.2) is 0 Å². The Balaban J connectivity index is 2.41. The van der Waals surface area contributed by atoms with Gasteiger partial charge in [0, 0.05) is 4.47 Å². The molecular formula is C14H15BrF3NO3. The second kappa shape index (κ2) is 5.98. The molecule has 0 aromatic heterocycles. The summed E-state index contributed by atoms with van der Waals surface area (Å²) < 4.78 is 42.0. The van der Waals surface area contributed by atoms with E-state index in [2.05, 4.69) is 15.9 Å². The number of anilines is 1. The molecule has 0 heterocycles. The molecule has 3 N–H and O–H groups in total. The molecule has 0 radical (unpaired) electrons. The van der Waals surface area contributed by atoms with E-state index >= 15 is 0 Å². The van der Waals surface area contributed by atoms with E-state index in [4.69, 9.17) is 10.5 Å². The molecule has 1 saturated carbocycles. The zero-order valence-electron chi connectivity index (χ0n) is 11.5. The standard InChI is InChI=1S/C14H15BrF3NO3/c15-9-5-8(13(12(20)21)3-1-2-4-13)6-10(11(9)19)22-7-14(16,17)18/h5-6H,1-4,7,19H2,(H,20,21). The second-order valence-electron chi connectivity index (χ2n) is 5.37. The molecule has 1 fully saturated rings. The molecule has 2 rings (SSSR count). The van der Waals surface area contributed by atoms with Gasteiger partial charge in [0.2, 0.25) is 0 Å². The number of carbonyl (C=O) groups is 1. The average molecular weight is 382 g/mol. The highest BCUT2D eigenvalue weighted by molar-refractivity contribution is 9.10. The van der Waals surface area contributed by atoms with E-state index < -0.39 is 24.2 Å². The lowest BCUT2D eigenvalue weighted by molar-refractivity contribution is -0.153. The number of hydrogen-bond donors (Lipinski definition) is 2. The largest absolute Gasteiger partial charge is 0.482 e. The number of benzene rings is 1. The molecule has 122 valence electrons. The maximum Gasteiger partial charge on any atom is 0.422 e. The third-order valence-corrected chi connectivity index (χ3v) is 4.56. The van der Waals surface area contributed by atoms with Crippen molar-refractivity contribution >= 4 is 27.6 Å². The summed E-state index contributed by atoms with van der Waals surface area (Å²) in [7, 11) is 0. The van der Waals surface area contributed by atoms with Crippen molar-refractivity contribution in [1.82, 2.24) is 0 Å². The maximum absolute atomic E-state index is 12.3. The minimum atomic E-state index is -4.49. The molecule has 0 bridgehead atoms. The Morgan fingerprint density at radius 2 is 1.95 bits per heavy atom. The lowest BCUT2D eigenvalue weighted by Gasteiger charge is -2.26. The van der Waals surface area contributed by atoms with Gasteiger partial charge in [-0.15, -0.1) is 0 Å². The molecule has 1 aliphatic carbocycles. The lowest BCUT2D eigenvalue weighted by Crippen LogP contribution is -2.32. The van der Waals surface area contributed by atoms with Gasteiger partial charge in [0.25, 0.3) is 0 Å². The first-order valence-corrected chi connectivity index (χ1v) is 7.47. The fraction of sp³-hybridized carbons (Fsp3) is 0.500. The molecule has 0 saturated heterocycles. The number of carboxylic acids is 1. The van der Waals surface area contributed by atoms with Gasteiger partial charge in [-0.2, -0.15) is 13.2 Å². The molecule has 1 aromatic rings. The van der Waals surface area contributed by atoms with Crippen molar-refractivity contribution in [2.24, 2.45) is 0 Å². The Morgan fingerprint density at radius 1 is 1.36 bits per heavy atom. The van der Waals surface area contributed by atoms with E-state index in [-0.39, 0.29) is 11.4 Å². The van der Waals surface area contributed by atoms with Crippen LogP contribution in [0.1, 0.15) is 31.2 Å². The van der Waals surface area contributed by atoms with Gasteiger partial charge >= 0.3 is 12.1 Å². The van der Waals surface area contributed by atoms with Gasteiger partial charge in [-0.05, 0) is 46.5 Å². The van der Waals surface area contributed by atoms with E-state index in [9.17, 15) is 23.1 Å². The van der Waals surface area contributed by atoms with Crippen molar-refractivity contribution in [3.8, 4) is 5.75 Å². The van der Waals surface area contributed by atoms with Crippen LogP contribution in [0.25, 0.3) is 0 Å². The normalized spacial score (nSPS) is 17.5. The van der Waals surface area contributed by atoms with Crippen molar-refractivity contribution in [2.45, 2.75) is 37.3 Å². The number of nitrogen functional groups attached to an aromatic ring is 1. The monoisotopic (exact) mass is 381 g/mol. The fourth-order valence-electron chi connectivity index (χ4n) is 2.75. The molecule has 0 spiro atoms. The molecule has 0 aliphatic heterocycles. The Kier molecular flexibility index (Phi) is 4.60. The molecule has 4 nitrogen and oxygen atoms in total. The summed E-state index contributed by atoms with van der Waals surface area (Å²) in [5.41, 5.74) is 5.05. The number of halogens is 4. The van der Waals surface area contributed by atoms with Gasteiger partial charge in [0.05, 0.1) is 11.1 Å². The summed E-state index contributed by atoms with van der Waals surface area (Å²) >= 11 is 3.16. The van der Waals surface area contributed by atoms with Crippen LogP contribution >= 0.6 is 15.9 Å². The van der Waals surface area contributed by atoms with E-state index in [0.29, 0.717) is 22.9 Å². The maximum atomic E-state index is 12.3. The summed E-state index contributed by atoms with van der Waals surface area (Å²) in [5, 5.41) is 9.56. The van der Waals surface area contributed by atoms with E-state index in [1.807, 2.05) is 0 Å². The van der Waals surface area contributed by atoms with Crippen LogP contribution in [0.5, 0.6) is 5.75 Å². The summed E-state index contributed by atoms with van der Waals surface area (Å²) in [6.07, 6.45) is -2.10. The topological polar surface area (TPSA) is 72.6 Å². The highest BCUT2D eigenvalue weighted by Gasteiger charge is 2.43. The van der Waals surface area contributed by atoms with Crippen LogP contribution < -0.4 is 10.5 Å². The average Bonchev–Trinajstić information content (AvgIpc) is 2.90. The van der Waals surface area contributed by atoms with Crippen LogP contribution in [-0.2, 0) is 10.2 Å². The van der Waals surface area contributed by atoms with Gasteiger partial charge in [-0.1, -0.05) is 12.8 Å². The van der Waals surface area contributed by atoms with Crippen molar-refractivity contribution in [3.63, 3.8) is 0 Å². The predicted molar refractivity (Wildman–Crippen MR) is 77.9 cm³/mol. The summed E-state index contributed by atoms with van der Waals surface area (Å²) in [5.74, 6) is -1.14. The third kappa shape index (κ3) is 3.31. The fourth-order valence-corrected chi connectivity index (χ4v) is 3.19.